The molecule has 0 radical (unpaired) electrons. The van der Waals surface area contributed by atoms with Crippen LogP contribution in [0.5, 0.6) is 0 Å². The van der Waals surface area contributed by atoms with Crippen molar-refractivity contribution in [2.45, 2.75) is 19.8 Å². The van der Waals surface area contributed by atoms with Crippen LogP contribution in [0.3, 0.4) is 0 Å². The number of aryl methyl sites for hydroxylation is 1. The largest absolute Gasteiger partial charge is 0.462 e. The Morgan fingerprint density at radius 1 is 1.38 bits per heavy atom. The first-order valence-corrected chi connectivity index (χ1v) is 7.41. The van der Waals surface area contributed by atoms with Gasteiger partial charge < -0.3 is 4.74 Å². The Labute approximate surface area is 137 Å². The molecule has 0 atom stereocenters. The number of terminal acetylenes is 1. The van der Waals surface area contributed by atoms with Crippen LogP contribution in [0.2, 0.25) is 0 Å². The third-order valence-corrected chi connectivity index (χ3v) is 1.92. The molecule has 0 heterocycles. The maximum absolute atomic E-state index is 10.3. The number of nitrogens with zero attached hydrogens (tertiary/aromatic N) is 1. The maximum atomic E-state index is 10.3. The van der Waals surface area contributed by atoms with Gasteiger partial charge >= 0.3 is 5.97 Å². The first-order chi connectivity index (χ1) is 10.2. The van der Waals surface area contributed by atoms with Crippen LogP contribution in [-0.4, -0.2) is 31.2 Å². The number of esters is 1. The summed E-state index contributed by atoms with van der Waals surface area (Å²) in [5.74, 6) is 2.24. The van der Waals surface area contributed by atoms with Crippen LogP contribution in [0, 0.1) is 12.3 Å². The number of halogens is 2. The molecular weight excluding hydrogens is 309 g/mol. The molecule has 1 aromatic rings. The van der Waals surface area contributed by atoms with Crippen LogP contribution in [0.4, 0.5) is 0 Å². The van der Waals surface area contributed by atoms with Crippen molar-refractivity contribution in [3.05, 3.63) is 35.9 Å². The number of hydrogen-bond donors (Lipinski definition) is 0. The molecule has 0 saturated carbocycles. The van der Waals surface area contributed by atoms with E-state index in [1.165, 1.54) is 12.6 Å². The van der Waals surface area contributed by atoms with Crippen LogP contribution in [0.1, 0.15) is 18.9 Å². The van der Waals surface area contributed by atoms with Gasteiger partial charge in [-0.05, 0) is 18.9 Å². The number of benzene rings is 1. The van der Waals surface area contributed by atoms with E-state index in [1.54, 1.807) is 6.92 Å². The number of aliphatic imine (C=N–C) groups is 1. The summed E-state index contributed by atoms with van der Waals surface area (Å²) in [5, 5.41) is 0.194. The summed E-state index contributed by atoms with van der Waals surface area (Å²) in [7, 11) is 1.52. The van der Waals surface area contributed by atoms with Gasteiger partial charge in [-0.1, -0.05) is 30.3 Å². The Bertz CT molecular complexity index is 414. The van der Waals surface area contributed by atoms with E-state index < -0.39 is 0 Å². The van der Waals surface area contributed by atoms with Crippen LogP contribution in [0.15, 0.2) is 35.3 Å². The highest BCUT2D eigenvalue weighted by Crippen LogP contribution is 2.00. The summed E-state index contributed by atoms with van der Waals surface area (Å²) in [6.45, 7) is 2.16. The minimum absolute atomic E-state index is 0.194. The van der Waals surface area contributed by atoms with Gasteiger partial charge in [-0.25, -0.2) is 4.79 Å². The zero-order valence-electron chi connectivity index (χ0n) is 12.4. The highest BCUT2D eigenvalue weighted by molar-refractivity contribution is 6.40. The number of alkyl halides is 2. The molecule has 0 bridgehead atoms. The summed E-state index contributed by atoms with van der Waals surface area (Å²) >= 11 is 9.53. The number of carbonyl (C=O) groups excluding carboxylic acids is 1. The molecule has 116 valence electrons. The molecule has 1 aromatic carbocycles. The molecule has 0 unspecified atom stereocenters. The van der Waals surface area contributed by atoms with E-state index in [9.17, 15) is 4.79 Å². The van der Waals surface area contributed by atoms with Gasteiger partial charge in [0.25, 0.3) is 0 Å². The zero-order chi connectivity index (χ0) is 16.3. The van der Waals surface area contributed by atoms with Crippen molar-refractivity contribution in [2.75, 3.05) is 19.0 Å². The van der Waals surface area contributed by atoms with Gasteiger partial charge in [0, 0.05) is 13.5 Å². The van der Waals surface area contributed by atoms with Gasteiger partial charge in [0.1, 0.15) is 6.21 Å². The third-order valence-electron chi connectivity index (χ3n) is 1.92. The topological polar surface area (TPSA) is 38.7 Å². The third kappa shape index (κ3) is 18.5. The van der Waals surface area contributed by atoms with Crippen molar-refractivity contribution in [1.29, 1.82) is 0 Å². The second kappa shape index (κ2) is 18.5. The zero-order valence-corrected chi connectivity index (χ0v) is 13.9. The molecule has 0 aliphatic carbocycles. The fourth-order valence-electron chi connectivity index (χ4n) is 1.15. The first kappa shape index (κ1) is 21.8. The predicted octanol–water partition coefficient (Wildman–Crippen LogP) is 3.92. The number of hydrogen-bond acceptors (Lipinski definition) is 3. The van der Waals surface area contributed by atoms with Gasteiger partial charge in [-0.15, -0.1) is 35.5 Å². The first-order valence-electron chi connectivity index (χ1n) is 6.34. The Balaban J connectivity index is 0. The molecule has 3 nitrogen and oxygen atoms in total. The number of ether oxygens (including phenoxy) is 1. The monoisotopic (exact) mass is 329 g/mol. The molecule has 0 N–H and O–H groups in total. The van der Waals surface area contributed by atoms with E-state index in [-0.39, 0.29) is 11.3 Å². The lowest BCUT2D eigenvalue weighted by Gasteiger charge is -1.93. The standard InChI is InChI=1S/C10H10.C5H9NO2.CH2Cl2/c1-2-3-7-10-8-5-4-6-9-10;1-3-8-5(7)4-6-2;2-1-3/h1,4-6,8-9H,3,7H2;4H,3H2,1-2H3;1H2. The Kier molecular flexibility index (Phi) is 19.2. The van der Waals surface area contributed by atoms with Crippen molar-refractivity contribution in [1.82, 2.24) is 0 Å². The quantitative estimate of drug-likeness (QED) is 0.363. The molecule has 0 saturated heterocycles. The molecule has 0 fully saturated rings. The van der Waals surface area contributed by atoms with Crippen molar-refractivity contribution >= 4 is 35.4 Å². The summed E-state index contributed by atoms with van der Waals surface area (Å²) in [4.78, 5) is 13.7. The molecule has 0 spiro atoms. The highest BCUT2D eigenvalue weighted by atomic mass is 35.5. The molecular formula is C16H21Cl2NO2. The maximum Gasteiger partial charge on any atom is 0.348 e. The second-order valence-electron chi connectivity index (χ2n) is 3.43. The lowest BCUT2D eigenvalue weighted by atomic mass is 10.1. The van der Waals surface area contributed by atoms with E-state index in [1.807, 2.05) is 18.2 Å². The Morgan fingerprint density at radius 2 is 1.95 bits per heavy atom. The number of rotatable bonds is 4. The second-order valence-corrected chi connectivity index (χ2v) is 4.24. The van der Waals surface area contributed by atoms with Crippen LogP contribution < -0.4 is 0 Å². The molecule has 21 heavy (non-hydrogen) atoms. The lowest BCUT2D eigenvalue weighted by molar-refractivity contribution is -0.134. The van der Waals surface area contributed by atoms with E-state index in [4.69, 9.17) is 29.6 Å². The van der Waals surface area contributed by atoms with Crippen molar-refractivity contribution < 1.29 is 9.53 Å². The molecule has 5 heteroatoms. The summed E-state index contributed by atoms with van der Waals surface area (Å²) in [5.41, 5.74) is 1.32. The lowest BCUT2D eigenvalue weighted by Crippen LogP contribution is -2.03. The van der Waals surface area contributed by atoms with Gasteiger partial charge in [0.15, 0.2) is 0 Å². The van der Waals surface area contributed by atoms with E-state index in [0.29, 0.717) is 6.61 Å². The van der Waals surface area contributed by atoms with Gasteiger partial charge in [0.2, 0.25) is 0 Å². The predicted molar refractivity (Wildman–Crippen MR) is 91.2 cm³/mol. The molecule has 1 rings (SSSR count). The minimum atomic E-state index is -0.380. The average molecular weight is 330 g/mol. The van der Waals surface area contributed by atoms with Gasteiger partial charge in [-0.2, -0.15) is 0 Å². The molecule has 0 amide bonds. The average Bonchev–Trinajstić information content (AvgIpc) is 2.48. The van der Waals surface area contributed by atoms with E-state index >= 15 is 0 Å². The Hall–Kier alpha value is -1.50. The van der Waals surface area contributed by atoms with Crippen LogP contribution in [-0.2, 0) is 16.0 Å². The summed E-state index contributed by atoms with van der Waals surface area (Å²) in [6.07, 6.45) is 8.10. The van der Waals surface area contributed by atoms with Gasteiger partial charge in [-0.3, -0.25) is 4.99 Å². The SMILES string of the molecule is C#CCCc1ccccc1.CCOC(=O)C=NC.ClCCl. The summed E-state index contributed by atoms with van der Waals surface area (Å²) in [6, 6.07) is 10.3. The fraction of sp³-hybridized carbons (Fsp3) is 0.375. The van der Waals surface area contributed by atoms with Gasteiger partial charge in [0.05, 0.1) is 11.9 Å². The highest BCUT2D eigenvalue weighted by Gasteiger charge is 1.90. The molecule has 0 aliphatic heterocycles. The minimum Gasteiger partial charge on any atom is -0.462 e. The number of carbonyl (C=O) groups is 1. The smallest absolute Gasteiger partial charge is 0.348 e. The Morgan fingerprint density at radius 3 is 2.38 bits per heavy atom. The van der Waals surface area contributed by atoms with E-state index in [2.05, 4.69) is 27.8 Å². The van der Waals surface area contributed by atoms with Crippen LogP contribution >= 0.6 is 23.2 Å². The fourth-order valence-corrected chi connectivity index (χ4v) is 1.15. The molecule has 0 aromatic heterocycles. The summed E-state index contributed by atoms with van der Waals surface area (Å²) < 4.78 is 4.49. The normalized spacial score (nSPS) is 8.71. The van der Waals surface area contributed by atoms with Crippen LogP contribution in [0.25, 0.3) is 0 Å². The van der Waals surface area contributed by atoms with E-state index in [0.717, 1.165) is 19.1 Å². The van der Waals surface area contributed by atoms with Crippen molar-refractivity contribution in [3.8, 4) is 12.3 Å². The molecule has 0 aliphatic rings. The van der Waals surface area contributed by atoms with Crippen molar-refractivity contribution in [3.63, 3.8) is 0 Å². The van der Waals surface area contributed by atoms with Crippen molar-refractivity contribution in [2.24, 2.45) is 4.99 Å².